The Morgan fingerprint density at radius 2 is 1.73 bits per heavy atom. The van der Waals surface area contributed by atoms with Gasteiger partial charge in [-0.3, -0.25) is 0 Å². The Balaban J connectivity index is 1.65. The van der Waals surface area contributed by atoms with E-state index in [1.54, 1.807) is 22.8 Å². The summed E-state index contributed by atoms with van der Waals surface area (Å²) in [5, 5.41) is 16.9. The van der Waals surface area contributed by atoms with Crippen molar-refractivity contribution in [3.63, 3.8) is 0 Å². The topological polar surface area (TPSA) is 62.5 Å². The molecule has 0 aliphatic carbocycles. The van der Waals surface area contributed by atoms with Crippen LogP contribution in [0.25, 0.3) is 16.9 Å². The molecule has 0 bridgehead atoms. The number of aromatic nitrogens is 3. The average molecular weight is 348 g/mol. The van der Waals surface area contributed by atoms with Crippen molar-refractivity contribution >= 4 is 17.2 Å². The highest BCUT2D eigenvalue weighted by atomic mass is 19.1. The van der Waals surface area contributed by atoms with E-state index in [1.165, 1.54) is 12.1 Å². The zero-order valence-corrected chi connectivity index (χ0v) is 13.9. The molecule has 0 atom stereocenters. The number of hydrogen-bond donors (Lipinski definition) is 2. The van der Waals surface area contributed by atoms with Gasteiger partial charge in [0.2, 0.25) is 0 Å². The highest BCUT2D eigenvalue weighted by molar-refractivity contribution is 5.64. The van der Waals surface area contributed by atoms with Crippen LogP contribution in [-0.2, 0) is 6.42 Å². The lowest BCUT2D eigenvalue weighted by Crippen LogP contribution is -2.00. The summed E-state index contributed by atoms with van der Waals surface area (Å²) in [6.07, 6.45) is 2.36. The van der Waals surface area contributed by atoms with Gasteiger partial charge in [-0.15, -0.1) is 0 Å². The Morgan fingerprint density at radius 1 is 0.962 bits per heavy atom. The monoisotopic (exact) mass is 348 g/mol. The molecule has 26 heavy (non-hydrogen) atoms. The average Bonchev–Trinajstić information content (AvgIpc) is 3.06. The van der Waals surface area contributed by atoms with Crippen molar-refractivity contribution in [1.82, 2.24) is 14.6 Å². The van der Waals surface area contributed by atoms with E-state index in [2.05, 4.69) is 15.4 Å². The third-order valence-electron chi connectivity index (χ3n) is 4.13. The quantitative estimate of drug-likeness (QED) is 0.576. The minimum absolute atomic E-state index is 0.135. The summed E-state index contributed by atoms with van der Waals surface area (Å²) in [4.78, 5) is 4.36. The van der Waals surface area contributed by atoms with E-state index < -0.39 is 0 Å². The summed E-state index contributed by atoms with van der Waals surface area (Å²) in [7, 11) is 0. The smallest absolute Gasteiger partial charge is 0.155 e. The van der Waals surface area contributed by atoms with E-state index in [0.717, 1.165) is 34.0 Å². The predicted octanol–water partition coefficient (Wildman–Crippen LogP) is 3.81. The van der Waals surface area contributed by atoms with Gasteiger partial charge < -0.3 is 10.4 Å². The molecule has 0 spiro atoms. The lowest BCUT2D eigenvalue weighted by molar-refractivity contribution is 0.299. The summed E-state index contributed by atoms with van der Waals surface area (Å²) in [5.41, 5.74) is 4.27. The van der Waals surface area contributed by atoms with Gasteiger partial charge in [0.1, 0.15) is 5.82 Å². The van der Waals surface area contributed by atoms with Gasteiger partial charge in [0.15, 0.2) is 11.5 Å². The van der Waals surface area contributed by atoms with E-state index in [0.29, 0.717) is 6.42 Å². The molecule has 6 heteroatoms. The van der Waals surface area contributed by atoms with Crippen molar-refractivity contribution in [2.24, 2.45) is 0 Å². The number of benzene rings is 2. The third-order valence-corrected chi connectivity index (χ3v) is 4.13. The van der Waals surface area contributed by atoms with Crippen molar-refractivity contribution < 1.29 is 9.50 Å². The summed E-state index contributed by atoms with van der Waals surface area (Å²) < 4.78 is 14.9. The van der Waals surface area contributed by atoms with Crippen molar-refractivity contribution in [2.75, 3.05) is 11.9 Å². The van der Waals surface area contributed by atoms with Crippen molar-refractivity contribution in [2.45, 2.75) is 6.42 Å². The molecule has 4 aromatic rings. The maximum atomic E-state index is 13.1. The first kappa shape index (κ1) is 16.2. The lowest BCUT2D eigenvalue weighted by Gasteiger charge is -2.08. The second kappa shape index (κ2) is 6.93. The molecule has 0 saturated carbocycles. The van der Waals surface area contributed by atoms with Gasteiger partial charge in [-0.05, 0) is 60.5 Å². The summed E-state index contributed by atoms with van der Waals surface area (Å²) in [6, 6.07) is 17.8. The molecule has 0 unspecified atom stereocenters. The maximum Gasteiger partial charge on any atom is 0.155 e. The second-order valence-corrected chi connectivity index (χ2v) is 5.93. The van der Waals surface area contributed by atoms with Gasteiger partial charge >= 0.3 is 0 Å². The van der Waals surface area contributed by atoms with Crippen LogP contribution in [0.15, 0.2) is 66.9 Å². The summed E-state index contributed by atoms with van der Waals surface area (Å²) >= 11 is 0. The minimum Gasteiger partial charge on any atom is -0.396 e. The van der Waals surface area contributed by atoms with E-state index >= 15 is 0 Å². The Labute approximate surface area is 149 Å². The maximum absolute atomic E-state index is 13.1. The molecule has 4 rings (SSSR count). The number of anilines is 2. The molecule has 2 N–H and O–H groups in total. The number of rotatable bonds is 5. The van der Waals surface area contributed by atoms with Crippen molar-refractivity contribution in [3.8, 4) is 11.3 Å². The number of nitrogens with zero attached hydrogens (tertiary/aromatic N) is 3. The molecule has 130 valence electrons. The SMILES string of the molecule is OCCc1ccc(Nc2cnc3ccc(-c4ccc(F)cc4)nn23)cc1. The Hall–Kier alpha value is -3.25. The standard InChI is InChI=1S/C20H17FN4O/c21-16-5-3-15(4-6-16)18-9-10-19-22-13-20(25(19)24-18)23-17-7-1-14(2-8-17)11-12-26/h1-10,13,23,26H,11-12H2. The van der Waals surface area contributed by atoms with Crippen molar-refractivity contribution in [1.29, 1.82) is 0 Å². The van der Waals surface area contributed by atoms with E-state index in [9.17, 15) is 4.39 Å². The van der Waals surface area contributed by atoms with Crippen LogP contribution in [0.1, 0.15) is 5.56 Å². The minimum atomic E-state index is -0.274. The fraction of sp³-hybridized carbons (Fsp3) is 0.100. The van der Waals surface area contributed by atoms with Crippen LogP contribution in [0.2, 0.25) is 0 Å². The summed E-state index contributed by atoms with van der Waals surface area (Å²) in [5.74, 6) is 0.461. The highest BCUT2D eigenvalue weighted by Gasteiger charge is 2.08. The summed E-state index contributed by atoms with van der Waals surface area (Å²) in [6.45, 7) is 0.135. The predicted molar refractivity (Wildman–Crippen MR) is 98.9 cm³/mol. The lowest BCUT2D eigenvalue weighted by atomic mass is 10.1. The number of nitrogens with one attached hydrogen (secondary N) is 1. The first-order valence-electron chi connectivity index (χ1n) is 8.30. The zero-order chi connectivity index (χ0) is 17.9. The van der Waals surface area contributed by atoms with Crippen LogP contribution in [0.3, 0.4) is 0 Å². The first-order chi connectivity index (χ1) is 12.7. The molecule has 2 aromatic carbocycles. The van der Waals surface area contributed by atoms with Crippen LogP contribution in [0, 0.1) is 5.82 Å². The Morgan fingerprint density at radius 3 is 2.46 bits per heavy atom. The number of halogens is 1. The molecule has 2 aromatic heterocycles. The molecule has 0 aliphatic heterocycles. The van der Waals surface area contributed by atoms with Gasteiger partial charge in [-0.2, -0.15) is 9.61 Å². The van der Waals surface area contributed by atoms with E-state index in [-0.39, 0.29) is 12.4 Å². The fourth-order valence-corrected chi connectivity index (χ4v) is 2.76. The van der Waals surface area contributed by atoms with Crippen LogP contribution in [-0.4, -0.2) is 26.3 Å². The number of imidazole rings is 1. The van der Waals surface area contributed by atoms with E-state index in [1.807, 2.05) is 36.4 Å². The first-order valence-corrected chi connectivity index (χ1v) is 8.30. The largest absolute Gasteiger partial charge is 0.396 e. The third kappa shape index (κ3) is 3.27. The molecule has 0 aliphatic rings. The van der Waals surface area contributed by atoms with E-state index in [4.69, 9.17) is 5.11 Å². The van der Waals surface area contributed by atoms with Gasteiger partial charge in [0.25, 0.3) is 0 Å². The molecule has 0 fully saturated rings. The zero-order valence-electron chi connectivity index (χ0n) is 13.9. The second-order valence-electron chi connectivity index (χ2n) is 5.93. The number of aliphatic hydroxyl groups excluding tert-OH is 1. The molecular formula is C20H17FN4O. The molecule has 0 amide bonds. The number of fused-ring (bicyclic) bond motifs is 1. The molecule has 2 heterocycles. The van der Waals surface area contributed by atoms with Crippen LogP contribution >= 0.6 is 0 Å². The molecule has 0 saturated heterocycles. The van der Waals surface area contributed by atoms with Crippen LogP contribution in [0.5, 0.6) is 0 Å². The van der Waals surface area contributed by atoms with Gasteiger partial charge in [-0.25, -0.2) is 9.37 Å². The highest BCUT2D eigenvalue weighted by Crippen LogP contribution is 2.22. The Bertz CT molecular complexity index is 1030. The molecule has 5 nitrogen and oxygen atoms in total. The number of aliphatic hydroxyl groups is 1. The van der Waals surface area contributed by atoms with Crippen LogP contribution < -0.4 is 5.32 Å². The van der Waals surface area contributed by atoms with Gasteiger partial charge in [0, 0.05) is 17.9 Å². The van der Waals surface area contributed by atoms with Crippen LogP contribution in [0.4, 0.5) is 15.9 Å². The van der Waals surface area contributed by atoms with Gasteiger partial charge in [-0.1, -0.05) is 12.1 Å². The van der Waals surface area contributed by atoms with Gasteiger partial charge in [0.05, 0.1) is 11.9 Å². The van der Waals surface area contributed by atoms with Crippen molar-refractivity contribution in [3.05, 3.63) is 78.2 Å². The molecule has 0 radical (unpaired) electrons. The number of hydrogen-bond acceptors (Lipinski definition) is 4. The Kier molecular flexibility index (Phi) is 4.33. The molecular weight excluding hydrogens is 331 g/mol. The fourth-order valence-electron chi connectivity index (χ4n) is 2.76. The normalized spacial score (nSPS) is 11.0.